The van der Waals surface area contributed by atoms with Gasteiger partial charge in [0.05, 0.1) is 28.9 Å². The van der Waals surface area contributed by atoms with Gasteiger partial charge in [0.2, 0.25) is 0 Å². The Bertz CT molecular complexity index is 1370. The summed E-state index contributed by atoms with van der Waals surface area (Å²) in [6.07, 6.45) is 3.38. The third kappa shape index (κ3) is 5.27. The van der Waals surface area contributed by atoms with Crippen LogP contribution in [0, 0.1) is 5.82 Å². The lowest BCUT2D eigenvalue weighted by Crippen LogP contribution is -2.48. The van der Waals surface area contributed by atoms with E-state index in [1.54, 1.807) is 31.6 Å². The van der Waals surface area contributed by atoms with Crippen LogP contribution in [0.25, 0.3) is 10.9 Å². The van der Waals surface area contributed by atoms with Gasteiger partial charge >= 0.3 is 0 Å². The van der Waals surface area contributed by atoms with Crippen molar-refractivity contribution in [2.45, 2.75) is 11.4 Å². The molecule has 4 aromatic rings. The Kier molecular flexibility index (Phi) is 7.29. The second-order valence-corrected chi connectivity index (χ2v) is 9.30. The van der Waals surface area contributed by atoms with E-state index in [2.05, 4.69) is 19.6 Å². The third-order valence-corrected chi connectivity index (χ3v) is 7.05. The van der Waals surface area contributed by atoms with Crippen LogP contribution in [0.4, 0.5) is 10.1 Å². The number of hydrogen-bond acceptors (Lipinski definition) is 7. The molecule has 0 aliphatic carbocycles. The summed E-state index contributed by atoms with van der Waals surface area (Å²) in [5.41, 5.74) is 2.70. The number of pyridine rings is 2. The Morgan fingerprint density at radius 2 is 1.81 bits per heavy atom. The van der Waals surface area contributed by atoms with E-state index in [0.29, 0.717) is 49.7 Å². The van der Waals surface area contributed by atoms with E-state index < -0.39 is 0 Å². The summed E-state index contributed by atoms with van der Waals surface area (Å²) in [4.78, 5) is 26.7. The van der Waals surface area contributed by atoms with E-state index in [4.69, 9.17) is 4.74 Å². The topological polar surface area (TPSA) is 70.6 Å². The summed E-state index contributed by atoms with van der Waals surface area (Å²) in [6, 6.07) is 18.4. The quantitative estimate of drug-likeness (QED) is 0.362. The highest BCUT2D eigenvalue weighted by Gasteiger charge is 2.24. The molecule has 0 radical (unpaired) electrons. The Morgan fingerprint density at radius 1 is 1.03 bits per heavy atom. The zero-order valence-corrected chi connectivity index (χ0v) is 20.7. The molecule has 0 unspecified atom stereocenters. The lowest BCUT2D eigenvalue weighted by atomic mass is 10.1. The molecule has 0 spiro atoms. The number of amides is 1. The molecule has 7 nitrogen and oxygen atoms in total. The van der Waals surface area contributed by atoms with Crippen LogP contribution in [0.1, 0.15) is 16.1 Å². The fourth-order valence-corrected chi connectivity index (χ4v) is 5.02. The van der Waals surface area contributed by atoms with Gasteiger partial charge in [-0.05, 0) is 54.4 Å². The van der Waals surface area contributed by atoms with Crippen molar-refractivity contribution in [3.05, 3.63) is 90.1 Å². The van der Waals surface area contributed by atoms with Crippen molar-refractivity contribution in [2.24, 2.45) is 0 Å². The van der Waals surface area contributed by atoms with Gasteiger partial charge in [0, 0.05) is 56.1 Å². The van der Waals surface area contributed by atoms with Gasteiger partial charge in [-0.1, -0.05) is 18.2 Å². The number of ether oxygens (including phenoxy) is 1. The van der Waals surface area contributed by atoms with Crippen molar-refractivity contribution in [2.75, 3.05) is 38.0 Å². The molecule has 0 saturated carbocycles. The highest BCUT2D eigenvalue weighted by Crippen LogP contribution is 2.33. The van der Waals surface area contributed by atoms with E-state index in [1.807, 2.05) is 47.4 Å². The van der Waals surface area contributed by atoms with Crippen LogP contribution < -0.4 is 9.46 Å². The molecule has 0 atom stereocenters. The second kappa shape index (κ2) is 10.9. The molecule has 184 valence electrons. The number of para-hydroxylation sites is 1. The first-order valence-corrected chi connectivity index (χ1v) is 12.5. The fourth-order valence-electron chi connectivity index (χ4n) is 4.22. The molecule has 1 N–H and O–H groups in total. The molecule has 2 aromatic heterocycles. The van der Waals surface area contributed by atoms with Gasteiger partial charge < -0.3 is 14.4 Å². The molecule has 1 amide bonds. The number of aromatic nitrogens is 2. The van der Waals surface area contributed by atoms with Crippen LogP contribution in [0.3, 0.4) is 0 Å². The number of anilines is 1. The molecule has 1 saturated heterocycles. The minimum Gasteiger partial charge on any atom is -0.495 e. The lowest BCUT2D eigenvalue weighted by Gasteiger charge is -2.34. The van der Waals surface area contributed by atoms with Gasteiger partial charge in [-0.15, -0.1) is 0 Å². The van der Waals surface area contributed by atoms with Crippen LogP contribution in [0.15, 0.2) is 78.0 Å². The van der Waals surface area contributed by atoms with Crippen LogP contribution in [0.5, 0.6) is 5.75 Å². The van der Waals surface area contributed by atoms with Crippen molar-refractivity contribution in [1.82, 2.24) is 19.8 Å². The number of fused-ring (bicyclic) bond motifs is 1. The zero-order chi connectivity index (χ0) is 24.9. The van der Waals surface area contributed by atoms with E-state index in [0.717, 1.165) is 21.5 Å². The van der Waals surface area contributed by atoms with Gasteiger partial charge in [0.25, 0.3) is 5.91 Å². The van der Waals surface area contributed by atoms with Crippen LogP contribution in [-0.4, -0.2) is 59.0 Å². The summed E-state index contributed by atoms with van der Waals surface area (Å²) in [5, 5.41) is 1.07. The van der Waals surface area contributed by atoms with Crippen molar-refractivity contribution in [3.8, 4) is 5.75 Å². The predicted octanol–water partition coefficient (Wildman–Crippen LogP) is 4.85. The summed E-state index contributed by atoms with van der Waals surface area (Å²) < 4.78 is 22.8. The number of methoxy groups -OCH3 is 1. The van der Waals surface area contributed by atoms with Gasteiger partial charge in [-0.3, -0.25) is 19.7 Å². The smallest absolute Gasteiger partial charge is 0.254 e. The van der Waals surface area contributed by atoms with E-state index in [-0.39, 0.29) is 11.7 Å². The molecule has 36 heavy (non-hydrogen) atoms. The first-order valence-electron chi connectivity index (χ1n) is 11.7. The van der Waals surface area contributed by atoms with Crippen LogP contribution in [0.2, 0.25) is 0 Å². The monoisotopic (exact) mass is 503 g/mol. The maximum absolute atomic E-state index is 13.9. The van der Waals surface area contributed by atoms with E-state index in [1.165, 1.54) is 18.0 Å². The van der Waals surface area contributed by atoms with E-state index in [9.17, 15) is 9.18 Å². The van der Waals surface area contributed by atoms with E-state index >= 15 is 0 Å². The van der Waals surface area contributed by atoms with Gasteiger partial charge in [0.1, 0.15) is 11.6 Å². The zero-order valence-electron chi connectivity index (χ0n) is 19.9. The first-order chi connectivity index (χ1) is 17.6. The molecule has 9 heteroatoms. The largest absolute Gasteiger partial charge is 0.495 e. The molecular weight excluding hydrogens is 477 g/mol. The standard InChI is InChI=1S/C27H26FN5O2S/c1-35-24-17-20(9-10-22(24)31-36-25-8-2-5-19-6-3-12-30-26(19)25)27(34)33-15-13-32(14-16-33)18-23-21(28)7-4-11-29-23/h2-12,17,31H,13-16,18H2,1H3. The molecular formula is C27H26FN5O2S. The molecule has 2 aromatic carbocycles. The highest BCUT2D eigenvalue weighted by atomic mass is 32.2. The molecule has 5 rings (SSSR count). The highest BCUT2D eigenvalue weighted by molar-refractivity contribution is 8.00. The Balaban J connectivity index is 1.22. The SMILES string of the molecule is COc1cc(C(=O)N2CCN(Cc3ncccc3F)CC2)ccc1NSc1cccc2cccnc12. The Hall–Kier alpha value is -3.69. The van der Waals surface area contributed by atoms with Crippen molar-refractivity contribution < 1.29 is 13.9 Å². The number of carbonyl (C=O) groups excluding carboxylic acids is 1. The maximum atomic E-state index is 13.9. The number of carbonyl (C=O) groups is 1. The molecule has 3 heterocycles. The third-order valence-electron chi connectivity index (χ3n) is 6.18. The van der Waals surface area contributed by atoms with Crippen molar-refractivity contribution in [1.29, 1.82) is 0 Å². The molecule has 0 bridgehead atoms. The average Bonchev–Trinajstić information content (AvgIpc) is 2.93. The molecule has 1 aliphatic rings. The average molecular weight is 504 g/mol. The predicted molar refractivity (Wildman–Crippen MR) is 140 cm³/mol. The fraction of sp³-hybridized carbons (Fsp3) is 0.222. The Labute approximate surface area is 213 Å². The van der Waals surface area contributed by atoms with Gasteiger partial charge in [-0.25, -0.2) is 4.39 Å². The first kappa shape index (κ1) is 24.0. The number of rotatable bonds is 7. The van der Waals surface area contributed by atoms with Crippen molar-refractivity contribution >= 4 is 34.4 Å². The van der Waals surface area contributed by atoms with Crippen LogP contribution in [-0.2, 0) is 6.54 Å². The molecule has 1 aliphatic heterocycles. The summed E-state index contributed by atoms with van der Waals surface area (Å²) >= 11 is 1.45. The normalized spacial score (nSPS) is 14.1. The number of benzene rings is 2. The number of halogens is 1. The maximum Gasteiger partial charge on any atom is 0.254 e. The summed E-state index contributed by atoms with van der Waals surface area (Å²) in [5.74, 6) is 0.243. The number of hydrogen-bond donors (Lipinski definition) is 1. The molecule has 1 fully saturated rings. The van der Waals surface area contributed by atoms with Gasteiger partial charge in [-0.2, -0.15) is 0 Å². The summed E-state index contributed by atoms with van der Waals surface area (Å²) in [7, 11) is 1.59. The summed E-state index contributed by atoms with van der Waals surface area (Å²) in [6.45, 7) is 2.90. The van der Waals surface area contributed by atoms with Crippen molar-refractivity contribution in [3.63, 3.8) is 0 Å². The second-order valence-electron chi connectivity index (χ2n) is 8.45. The Morgan fingerprint density at radius 3 is 2.61 bits per heavy atom. The number of nitrogens with zero attached hydrogens (tertiary/aromatic N) is 4. The number of nitrogens with one attached hydrogen (secondary N) is 1. The lowest BCUT2D eigenvalue weighted by molar-refractivity contribution is 0.0625. The van der Waals surface area contributed by atoms with Gasteiger partial charge in [0.15, 0.2) is 0 Å². The van der Waals surface area contributed by atoms with Crippen LogP contribution >= 0.6 is 11.9 Å². The minimum absolute atomic E-state index is 0.0468. The number of piperazine rings is 1. The minimum atomic E-state index is -0.299.